The molecule has 12 heteroatoms. The van der Waals surface area contributed by atoms with E-state index < -0.39 is 43.4 Å². The molecule has 2 N–H and O–H groups in total. The van der Waals surface area contributed by atoms with Gasteiger partial charge in [0.2, 0.25) is 0 Å². The van der Waals surface area contributed by atoms with Crippen LogP contribution in [-0.2, 0) is 28.0 Å². The number of carboxylic acid groups (broad SMARTS) is 2. The van der Waals surface area contributed by atoms with Crippen LogP contribution in [0.25, 0.3) is 0 Å². The van der Waals surface area contributed by atoms with Crippen molar-refractivity contribution in [3.8, 4) is 5.75 Å². The Morgan fingerprint density at radius 2 is 1.60 bits per heavy atom. The topological polar surface area (TPSA) is 132 Å². The number of methoxy groups -OCH3 is 1. The molecule has 1 saturated heterocycles. The molecule has 1 aliphatic rings. The summed E-state index contributed by atoms with van der Waals surface area (Å²) in [5.41, 5.74) is 0.800. The first-order chi connectivity index (χ1) is 16.7. The average Bonchev–Trinajstić information content (AvgIpc) is 3.21. The van der Waals surface area contributed by atoms with Crippen LogP contribution < -0.4 is 4.74 Å². The third kappa shape index (κ3) is 5.69. The van der Waals surface area contributed by atoms with Crippen LogP contribution in [0, 0.1) is 5.92 Å². The molecule has 0 saturated carbocycles. The highest BCUT2D eigenvalue weighted by Crippen LogP contribution is 2.65. The molecule has 3 rings (SSSR count). The fraction of sp³-hybridized carbons (Fsp3) is 0.391. The van der Waals surface area contributed by atoms with Crippen molar-refractivity contribution in [1.82, 2.24) is 5.06 Å². The lowest BCUT2D eigenvalue weighted by Gasteiger charge is -2.36. The molecule has 4 atom stereocenters. The molecule has 2 aromatic carbocycles. The standard InChI is InChI=1S/C23H27ClNO9P/c1-4-32-35(30,33-5-2)21(15-6-10-16(24)11-7-15)25-19(14-8-12-17(31-3)13-9-14)18(22(26)27)20(34-25)23(28)29/h6-13,18-21H,4-5H2,1-3H3,(H,26,27)(H,28,29)/t18-,19-,20+,21?/m0/s1. The van der Waals surface area contributed by atoms with Crippen LogP contribution in [0.3, 0.4) is 0 Å². The van der Waals surface area contributed by atoms with Gasteiger partial charge in [0.15, 0.2) is 11.9 Å². The van der Waals surface area contributed by atoms with E-state index in [9.17, 15) is 24.4 Å². The molecule has 1 aliphatic heterocycles. The molecule has 1 fully saturated rings. The maximum absolute atomic E-state index is 14.1. The molecule has 0 aromatic heterocycles. The maximum atomic E-state index is 14.1. The Balaban J connectivity index is 2.25. The smallest absolute Gasteiger partial charge is 0.354 e. The van der Waals surface area contributed by atoms with Gasteiger partial charge in [0.1, 0.15) is 11.7 Å². The summed E-state index contributed by atoms with van der Waals surface area (Å²) in [4.78, 5) is 30.2. The van der Waals surface area contributed by atoms with Crippen LogP contribution >= 0.6 is 19.2 Å². The summed E-state index contributed by atoms with van der Waals surface area (Å²) >= 11 is 6.05. The molecule has 1 heterocycles. The quantitative estimate of drug-likeness (QED) is 0.394. The van der Waals surface area contributed by atoms with E-state index in [2.05, 4.69) is 0 Å². The number of nitrogens with zero attached hydrogens (tertiary/aromatic N) is 1. The predicted molar refractivity (Wildman–Crippen MR) is 126 cm³/mol. The van der Waals surface area contributed by atoms with Gasteiger partial charge in [0.05, 0.1) is 26.4 Å². The molecule has 190 valence electrons. The van der Waals surface area contributed by atoms with Crippen molar-refractivity contribution in [3.05, 3.63) is 64.7 Å². The molecule has 0 amide bonds. The number of hydrogen-bond acceptors (Lipinski definition) is 8. The summed E-state index contributed by atoms with van der Waals surface area (Å²) in [6.07, 6.45) is -1.76. The SMILES string of the molecule is CCOP(=O)(OCC)C(c1ccc(Cl)cc1)N1O[C@@H](C(=O)O)[C@@H](C(=O)O)[C@@H]1c1ccc(OC)cc1. The Morgan fingerprint density at radius 3 is 2.06 bits per heavy atom. The molecule has 1 unspecified atom stereocenters. The first-order valence-electron chi connectivity index (χ1n) is 10.9. The Labute approximate surface area is 207 Å². The Hall–Kier alpha value is -2.46. The van der Waals surface area contributed by atoms with Gasteiger partial charge in [0.25, 0.3) is 0 Å². The van der Waals surface area contributed by atoms with Gasteiger partial charge >= 0.3 is 19.5 Å². The highest BCUT2D eigenvalue weighted by molar-refractivity contribution is 7.54. The summed E-state index contributed by atoms with van der Waals surface area (Å²) in [6.45, 7) is 3.31. The van der Waals surface area contributed by atoms with Crippen molar-refractivity contribution >= 4 is 31.1 Å². The number of aliphatic carboxylic acids is 2. The van der Waals surface area contributed by atoms with E-state index in [1.165, 1.54) is 7.11 Å². The van der Waals surface area contributed by atoms with E-state index in [0.717, 1.165) is 5.06 Å². The maximum Gasteiger partial charge on any atom is 0.354 e. The molecule has 0 radical (unpaired) electrons. The van der Waals surface area contributed by atoms with Crippen molar-refractivity contribution in [1.29, 1.82) is 0 Å². The zero-order valence-electron chi connectivity index (χ0n) is 19.4. The second kappa shape index (κ2) is 11.5. The lowest BCUT2D eigenvalue weighted by Crippen LogP contribution is -2.34. The molecular weight excluding hydrogens is 501 g/mol. The second-order valence-corrected chi connectivity index (χ2v) is 10.1. The van der Waals surface area contributed by atoms with E-state index in [0.29, 0.717) is 21.9 Å². The van der Waals surface area contributed by atoms with Crippen LogP contribution in [0.2, 0.25) is 5.02 Å². The van der Waals surface area contributed by atoms with E-state index in [1.54, 1.807) is 62.4 Å². The van der Waals surface area contributed by atoms with Crippen LogP contribution in [0.1, 0.15) is 36.8 Å². The minimum atomic E-state index is -4.06. The van der Waals surface area contributed by atoms with E-state index >= 15 is 0 Å². The Kier molecular flexibility index (Phi) is 8.93. The van der Waals surface area contributed by atoms with Gasteiger partial charge in [-0.3, -0.25) is 14.2 Å². The molecule has 35 heavy (non-hydrogen) atoms. The van der Waals surface area contributed by atoms with Gasteiger partial charge in [-0.2, -0.15) is 5.06 Å². The molecule has 0 spiro atoms. The minimum absolute atomic E-state index is 0.0210. The van der Waals surface area contributed by atoms with Crippen molar-refractivity contribution in [2.75, 3.05) is 20.3 Å². The third-order valence-corrected chi connectivity index (χ3v) is 8.10. The van der Waals surface area contributed by atoms with Crippen molar-refractivity contribution in [3.63, 3.8) is 0 Å². The molecule has 10 nitrogen and oxygen atoms in total. The number of halogens is 1. The van der Waals surface area contributed by atoms with Crippen molar-refractivity contribution in [2.45, 2.75) is 31.8 Å². The summed E-state index contributed by atoms with van der Waals surface area (Å²) in [7, 11) is -2.57. The predicted octanol–water partition coefficient (Wildman–Crippen LogP) is 4.76. The fourth-order valence-electron chi connectivity index (χ4n) is 4.06. The number of carboxylic acids is 2. The van der Waals surface area contributed by atoms with Gasteiger partial charge in [-0.1, -0.05) is 35.9 Å². The van der Waals surface area contributed by atoms with Crippen molar-refractivity contribution < 1.29 is 43.0 Å². The average molecular weight is 528 g/mol. The van der Waals surface area contributed by atoms with Crippen LogP contribution in [-0.4, -0.2) is 53.6 Å². The number of hydroxylamine groups is 2. The van der Waals surface area contributed by atoms with Crippen LogP contribution in [0.5, 0.6) is 5.75 Å². The zero-order chi connectivity index (χ0) is 25.8. The first-order valence-corrected chi connectivity index (χ1v) is 12.8. The second-order valence-electron chi connectivity index (χ2n) is 7.61. The molecule has 0 bridgehead atoms. The molecular formula is C23H27ClNO9P. The molecule has 2 aromatic rings. The Bertz CT molecular complexity index is 1070. The number of carbonyl (C=O) groups is 2. The normalized spacial score (nSPS) is 21.5. The lowest BCUT2D eigenvalue weighted by atomic mass is 9.89. The van der Waals surface area contributed by atoms with Gasteiger partial charge in [0, 0.05) is 5.02 Å². The number of benzene rings is 2. The number of rotatable bonds is 11. The molecule has 0 aliphatic carbocycles. The Morgan fingerprint density at radius 1 is 1.03 bits per heavy atom. The van der Waals surface area contributed by atoms with E-state index in [4.69, 9.17) is 30.2 Å². The van der Waals surface area contributed by atoms with Gasteiger partial charge in [-0.05, 0) is 49.2 Å². The first kappa shape index (κ1) is 27.1. The highest BCUT2D eigenvalue weighted by Gasteiger charge is 2.58. The number of ether oxygens (including phenoxy) is 1. The fourth-order valence-corrected chi connectivity index (χ4v) is 6.27. The largest absolute Gasteiger partial charge is 0.497 e. The van der Waals surface area contributed by atoms with Crippen LogP contribution in [0.15, 0.2) is 48.5 Å². The lowest BCUT2D eigenvalue weighted by molar-refractivity contribution is -0.195. The summed E-state index contributed by atoms with van der Waals surface area (Å²) in [5.74, 6) is -5.18. The minimum Gasteiger partial charge on any atom is -0.497 e. The number of hydrogen-bond donors (Lipinski definition) is 2. The van der Waals surface area contributed by atoms with Crippen LogP contribution in [0.4, 0.5) is 0 Å². The van der Waals surface area contributed by atoms with E-state index in [1.807, 2.05) is 0 Å². The highest BCUT2D eigenvalue weighted by atomic mass is 35.5. The van der Waals surface area contributed by atoms with E-state index in [-0.39, 0.29) is 13.2 Å². The summed E-state index contributed by atoms with van der Waals surface area (Å²) < 4.78 is 30.5. The van der Waals surface area contributed by atoms with Gasteiger partial charge in [-0.15, -0.1) is 0 Å². The van der Waals surface area contributed by atoms with Gasteiger partial charge < -0.3 is 24.0 Å². The third-order valence-electron chi connectivity index (χ3n) is 5.49. The zero-order valence-corrected chi connectivity index (χ0v) is 21.0. The summed E-state index contributed by atoms with van der Waals surface area (Å²) in [5, 5.41) is 21.4. The summed E-state index contributed by atoms with van der Waals surface area (Å²) in [6, 6.07) is 11.6. The van der Waals surface area contributed by atoms with Gasteiger partial charge in [-0.25, -0.2) is 4.79 Å². The van der Waals surface area contributed by atoms with Crippen molar-refractivity contribution in [2.24, 2.45) is 5.92 Å². The monoisotopic (exact) mass is 527 g/mol.